The van der Waals surface area contributed by atoms with E-state index in [9.17, 15) is 5.11 Å². The van der Waals surface area contributed by atoms with Gasteiger partial charge in [0.2, 0.25) is 0 Å². The average Bonchev–Trinajstić information content (AvgIpc) is 2.41. The third-order valence-corrected chi connectivity index (χ3v) is 2.89. The summed E-state index contributed by atoms with van der Waals surface area (Å²) in [6.45, 7) is -0.110. The molecular formula is C14H14IO. The Morgan fingerprint density at radius 2 is 1.19 bits per heavy atom. The van der Waals surface area contributed by atoms with Gasteiger partial charge in [0.05, 0.1) is 0 Å². The van der Waals surface area contributed by atoms with Crippen LogP contribution in [0.4, 0.5) is 0 Å². The topological polar surface area (TPSA) is 19.9 Å². The van der Waals surface area contributed by atoms with Crippen LogP contribution >= 0.6 is 22.6 Å². The van der Waals surface area contributed by atoms with Gasteiger partial charge in [-0.05, 0) is 11.1 Å². The van der Waals surface area contributed by atoms with Crippen LogP contribution in [0.25, 0.3) is 0 Å². The number of hydrogen-bond acceptors (Lipinski definition) is 0. The maximum Gasteiger partial charge on any atom is 0.107 e. The number of halogens is 1. The predicted molar refractivity (Wildman–Crippen MR) is 75.0 cm³/mol. The zero-order chi connectivity index (χ0) is 11.6. The Morgan fingerprint density at radius 1 is 0.750 bits per heavy atom. The van der Waals surface area contributed by atoms with Crippen LogP contribution < -0.4 is 0 Å². The van der Waals surface area contributed by atoms with E-state index in [2.05, 4.69) is 46.9 Å². The second kappa shape index (κ2) is 8.30. The first-order valence-corrected chi connectivity index (χ1v) is 6.61. The molecule has 16 heavy (non-hydrogen) atoms. The minimum Gasteiger partial charge on any atom is -0.232 e. The molecule has 1 radical (unpaired) electrons. The SMILES string of the molecule is ICc1ccccc1.[O]Cc1ccccc1. The largest absolute Gasteiger partial charge is 0.232 e. The molecule has 2 aromatic carbocycles. The molecule has 2 rings (SSSR count). The molecular weight excluding hydrogens is 311 g/mol. The highest BCUT2D eigenvalue weighted by Gasteiger charge is 1.83. The molecule has 0 saturated carbocycles. The molecule has 0 saturated heterocycles. The molecule has 0 fully saturated rings. The molecule has 0 atom stereocenters. The molecule has 2 aromatic rings. The van der Waals surface area contributed by atoms with E-state index in [1.165, 1.54) is 5.56 Å². The lowest BCUT2D eigenvalue weighted by Gasteiger charge is -1.88. The summed E-state index contributed by atoms with van der Waals surface area (Å²) in [6, 6.07) is 19.7. The van der Waals surface area contributed by atoms with Gasteiger partial charge in [-0.3, -0.25) is 0 Å². The van der Waals surface area contributed by atoms with Crippen LogP contribution in [0.1, 0.15) is 11.1 Å². The van der Waals surface area contributed by atoms with E-state index in [1.807, 2.05) is 36.4 Å². The molecule has 0 unspecified atom stereocenters. The van der Waals surface area contributed by atoms with Crippen molar-refractivity contribution in [3.63, 3.8) is 0 Å². The fourth-order valence-corrected chi connectivity index (χ4v) is 1.65. The summed E-state index contributed by atoms with van der Waals surface area (Å²) in [4.78, 5) is 0. The Morgan fingerprint density at radius 3 is 1.44 bits per heavy atom. The van der Waals surface area contributed by atoms with Crippen LogP contribution in [0.2, 0.25) is 0 Å². The van der Waals surface area contributed by atoms with Crippen LogP contribution in [0, 0.1) is 0 Å². The minimum atomic E-state index is -0.110. The third kappa shape index (κ3) is 5.28. The van der Waals surface area contributed by atoms with Crippen molar-refractivity contribution < 1.29 is 5.11 Å². The fourth-order valence-electron chi connectivity index (χ4n) is 1.14. The summed E-state index contributed by atoms with van der Waals surface area (Å²) in [6.07, 6.45) is 0. The number of alkyl halides is 1. The third-order valence-electron chi connectivity index (χ3n) is 2.01. The van der Waals surface area contributed by atoms with Crippen LogP contribution in [0.5, 0.6) is 0 Å². The average molecular weight is 325 g/mol. The van der Waals surface area contributed by atoms with Crippen LogP contribution in [0.15, 0.2) is 60.7 Å². The van der Waals surface area contributed by atoms with Crippen molar-refractivity contribution in [2.24, 2.45) is 0 Å². The molecule has 0 heterocycles. The highest BCUT2D eigenvalue weighted by atomic mass is 127. The first-order valence-electron chi connectivity index (χ1n) is 5.08. The normalized spacial score (nSPS) is 9.12. The van der Waals surface area contributed by atoms with Crippen molar-refractivity contribution in [1.82, 2.24) is 0 Å². The number of rotatable bonds is 2. The van der Waals surface area contributed by atoms with Crippen molar-refractivity contribution in [1.29, 1.82) is 0 Å². The highest BCUT2D eigenvalue weighted by molar-refractivity contribution is 14.1. The van der Waals surface area contributed by atoms with E-state index in [4.69, 9.17) is 0 Å². The first-order chi connectivity index (χ1) is 7.86. The molecule has 1 nitrogen and oxygen atoms in total. The van der Waals surface area contributed by atoms with Crippen LogP contribution in [-0.4, -0.2) is 0 Å². The van der Waals surface area contributed by atoms with Crippen molar-refractivity contribution in [3.05, 3.63) is 71.8 Å². The van der Waals surface area contributed by atoms with Crippen molar-refractivity contribution in [2.45, 2.75) is 11.0 Å². The molecule has 0 amide bonds. The standard InChI is InChI=1S/C7H7I.C7H7O/c2*8-6-7-4-2-1-3-5-7/h2*1-5H,6H2. The van der Waals surface area contributed by atoms with Gasteiger partial charge in [-0.1, -0.05) is 83.3 Å². The zero-order valence-corrected chi connectivity index (χ0v) is 11.1. The van der Waals surface area contributed by atoms with E-state index in [-0.39, 0.29) is 6.61 Å². The number of hydrogen-bond donors (Lipinski definition) is 0. The van der Waals surface area contributed by atoms with Gasteiger partial charge in [-0.2, -0.15) is 0 Å². The quantitative estimate of drug-likeness (QED) is 0.581. The van der Waals surface area contributed by atoms with Crippen LogP contribution in [0.3, 0.4) is 0 Å². The van der Waals surface area contributed by atoms with Gasteiger partial charge in [0.15, 0.2) is 0 Å². The Hall–Kier alpha value is -0.870. The molecule has 0 aliphatic carbocycles. The Balaban J connectivity index is 0.000000160. The van der Waals surface area contributed by atoms with E-state index < -0.39 is 0 Å². The van der Waals surface area contributed by atoms with Crippen molar-refractivity contribution in [2.75, 3.05) is 0 Å². The zero-order valence-electron chi connectivity index (χ0n) is 8.97. The summed E-state index contributed by atoms with van der Waals surface area (Å²) < 4.78 is 1.11. The maximum absolute atomic E-state index is 10.1. The summed E-state index contributed by atoms with van der Waals surface area (Å²) in [5.74, 6) is 0. The van der Waals surface area contributed by atoms with Crippen molar-refractivity contribution >= 4 is 22.6 Å². The molecule has 0 aromatic heterocycles. The monoisotopic (exact) mass is 325 g/mol. The fraction of sp³-hybridized carbons (Fsp3) is 0.143. The lowest BCUT2D eigenvalue weighted by Crippen LogP contribution is -1.75. The highest BCUT2D eigenvalue weighted by Crippen LogP contribution is 2.02. The predicted octanol–water partition coefficient (Wildman–Crippen LogP) is 4.24. The Labute approximate surface area is 110 Å². The van der Waals surface area contributed by atoms with E-state index in [0.717, 1.165) is 9.99 Å². The van der Waals surface area contributed by atoms with E-state index >= 15 is 0 Å². The van der Waals surface area contributed by atoms with Gasteiger partial charge < -0.3 is 0 Å². The lowest BCUT2D eigenvalue weighted by atomic mass is 10.2. The lowest BCUT2D eigenvalue weighted by molar-refractivity contribution is 0.177. The molecule has 0 spiro atoms. The smallest absolute Gasteiger partial charge is 0.107 e. The van der Waals surface area contributed by atoms with Gasteiger partial charge in [0, 0.05) is 4.43 Å². The molecule has 2 heteroatoms. The summed E-state index contributed by atoms with van der Waals surface area (Å²) in [5.41, 5.74) is 2.25. The van der Waals surface area contributed by atoms with E-state index in [0.29, 0.717) is 0 Å². The van der Waals surface area contributed by atoms with E-state index in [1.54, 1.807) is 0 Å². The molecule has 0 aliphatic heterocycles. The second-order valence-electron chi connectivity index (χ2n) is 3.25. The van der Waals surface area contributed by atoms with Gasteiger partial charge in [-0.15, -0.1) is 0 Å². The second-order valence-corrected chi connectivity index (χ2v) is 4.01. The first kappa shape index (κ1) is 13.2. The Bertz CT molecular complexity index is 333. The number of benzene rings is 2. The van der Waals surface area contributed by atoms with Gasteiger partial charge in [0.25, 0.3) is 0 Å². The molecule has 0 aliphatic rings. The molecule has 83 valence electrons. The van der Waals surface area contributed by atoms with Crippen LogP contribution in [-0.2, 0) is 16.1 Å². The van der Waals surface area contributed by atoms with Gasteiger partial charge in [-0.25, -0.2) is 5.11 Å². The Kier molecular flexibility index (Phi) is 6.85. The summed E-state index contributed by atoms with van der Waals surface area (Å²) >= 11 is 2.35. The molecule has 0 N–H and O–H groups in total. The van der Waals surface area contributed by atoms with Gasteiger partial charge in [0.1, 0.15) is 6.61 Å². The van der Waals surface area contributed by atoms with Gasteiger partial charge >= 0.3 is 0 Å². The maximum atomic E-state index is 10.1. The van der Waals surface area contributed by atoms with Crippen molar-refractivity contribution in [3.8, 4) is 0 Å². The summed E-state index contributed by atoms with van der Waals surface area (Å²) in [7, 11) is 0. The minimum absolute atomic E-state index is 0.110. The summed E-state index contributed by atoms with van der Waals surface area (Å²) in [5, 5.41) is 10.1. The molecule has 0 bridgehead atoms.